The quantitative estimate of drug-likeness (QED) is 0.253. The molecule has 15 atom stereocenters. The van der Waals surface area contributed by atoms with E-state index in [1.165, 1.54) is 231 Å². The molecule has 3 aliphatic heterocycles. The van der Waals surface area contributed by atoms with E-state index in [0.29, 0.717) is 71.5 Å². The van der Waals surface area contributed by atoms with Crippen LogP contribution in [0.1, 0.15) is 257 Å². The number of nitrogens with zero attached hydrogens (tertiary/aromatic N) is 4. The molecule has 13 fully saturated rings. The largest absolute Gasteiger partial charge is 0.299 e. The molecular weight excluding hydrogens is 833 g/mol. The Balaban J connectivity index is 0.761. The first kappa shape index (κ1) is 46.9. The maximum absolute atomic E-state index is 14.4. The molecule has 13 aliphatic rings. The zero-order chi connectivity index (χ0) is 45.3. The van der Waals surface area contributed by atoms with Gasteiger partial charge in [-0.15, -0.1) is 0 Å². The van der Waals surface area contributed by atoms with Crippen molar-refractivity contribution in [1.29, 1.82) is 0 Å². The highest BCUT2D eigenvalue weighted by molar-refractivity contribution is 5.86. The van der Waals surface area contributed by atoms with Gasteiger partial charge in [-0.3, -0.25) is 29.2 Å². The van der Waals surface area contributed by atoms with Crippen LogP contribution in [-0.4, -0.2) is 104 Å². The second-order valence-corrected chi connectivity index (χ2v) is 27.6. The van der Waals surface area contributed by atoms with E-state index in [4.69, 9.17) is 0 Å². The SMILES string of the molecule is O=C1C2CCCCC2N(C2CC(C3CCC(N4C5CCCCC5C5CC(N(C6CCCCC6)C6CCCCC6)CCC54)CC3)CC(N3C4CCCCC4C(=O)C4CCCCC43)C2)C2CCCCC12. The van der Waals surface area contributed by atoms with Crippen LogP contribution in [-0.2, 0) is 9.59 Å². The van der Waals surface area contributed by atoms with Crippen molar-refractivity contribution in [2.45, 2.75) is 329 Å². The van der Waals surface area contributed by atoms with Crippen molar-refractivity contribution >= 4 is 11.6 Å². The fourth-order valence-electron chi connectivity index (χ4n) is 22.1. The van der Waals surface area contributed by atoms with Crippen LogP contribution in [0, 0.1) is 47.3 Å². The van der Waals surface area contributed by atoms with E-state index in [1.54, 1.807) is 0 Å². The summed E-state index contributed by atoms with van der Waals surface area (Å²) in [5.41, 5.74) is 0. The molecule has 15 unspecified atom stereocenters. The molecule has 0 radical (unpaired) electrons. The van der Waals surface area contributed by atoms with Gasteiger partial charge < -0.3 is 0 Å². The van der Waals surface area contributed by atoms with Crippen molar-refractivity contribution in [2.75, 3.05) is 0 Å². The van der Waals surface area contributed by atoms with Gasteiger partial charge in [0.15, 0.2) is 0 Å². The Bertz CT molecular complexity index is 1590. The number of carbonyl (C=O) groups excluding carboxylic acids is 2. The van der Waals surface area contributed by atoms with Crippen LogP contribution >= 0.6 is 0 Å². The Labute approximate surface area is 415 Å². The van der Waals surface area contributed by atoms with Gasteiger partial charge in [0.2, 0.25) is 0 Å². The molecule has 0 amide bonds. The highest BCUT2D eigenvalue weighted by atomic mass is 16.1. The fraction of sp³-hybridized carbons (Fsp3) is 0.968. The van der Waals surface area contributed by atoms with Gasteiger partial charge in [-0.25, -0.2) is 0 Å². The molecular formula is C62H100N4O2. The molecule has 10 aliphatic carbocycles. The molecule has 6 heteroatoms. The van der Waals surface area contributed by atoms with E-state index in [2.05, 4.69) is 19.6 Å². The molecule has 0 spiro atoms. The first-order valence-corrected chi connectivity index (χ1v) is 31.8. The summed E-state index contributed by atoms with van der Waals surface area (Å²) in [5.74, 6) is 6.22. The van der Waals surface area contributed by atoms with Crippen LogP contribution in [0.4, 0.5) is 0 Å². The van der Waals surface area contributed by atoms with Crippen molar-refractivity contribution in [3.63, 3.8) is 0 Å². The Morgan fingerprint density at radius 2 is 0.676 bits per heavy atom. The Hall–Kier alpha value is -0.820. The van der Waals surface area contributed by atoms with Gasteiger partial charge in [-0.05, 0) is 178 Å². The van der Waals surface area contributed by atoms with E-state index in [1.807, 2.05) is 0 Å². The predicted octanol–water partition coefficient (Wildman–Crippen LogP) is 13.5. The van der Waals surface area contributed by atoms with Crippen LogP contribution in [0.5, 0.6) is 0 Å². The third-order valence-electron chi connectivity index (χ3n) is 24.6. The predicted molar refractivity (Wildman–Crippen MR) is 275 cm³/mol. The van der Waals surface area contributed by atoms with Crippen molar-refractivity contribution in [3.05, 3.63) is 0 Å². The average Bonchev–Trinajstić information content (AvgIpc) is 3.73. The second kappa shape index (κ2) is 20.5. The van der Waals surface area contributed by atoms with Gasteiger partial charge >= 0.3 is 0 Å². The highest BCUT2D eigenvalue weighted by Gasteiger charge is 2.58. The van der Waals surface area contributed by atoms with Crippen LogP contribution in [0.2, 0.25) is 0 Å². The number of likely N-dealkylation sites (tertiary alicyclic amines) is 3. The van der Waals surface area contributed by atoms with Gasteiger partial charge in [-0.1, -0.05) is 103 Å². The summed E-state index contributed by atoms with van der Waals surface area (Å²) in [5, 5.41) is 0. The van der Waals surface area contributed by atoms with Crippen molar-refractivity contribution < 1.29 is 9.59 Å². The maximum atomic E-state index is 14.4. The number of hydrogen-bond donors (Lipinski definition) is 0. The summed E-state index contributed by atoms with van der Waals surface area (Å²) >= 11 is 0. The summed E-state index contributed by atoms with van der Waals surface area (Å²) in [6.45, 7) is 0. The molecule has 0 bridgehead atoms. The third-order valence-corrected chi connectivity index (χ3v) is 24.6. The van der Waals surface area contributed by atoms with E-state index >= 15 is 0 Å². The number of piperidine rings is 2. The molecule has 6 nitrogen and oxygen atoms in total. The van der Waals surface area contributed by atoms with Crippen LogP contribution in [0.25, 0.3) is 0 Å². The monoisotopic (exact) mass is 933 g/mol. The van der Waals surface area contributed by atoms with Gasteiger partial charge in [-0.2, -0.15) is 0 Å². The summed E-state index contributed by atoms with van der Waals surface area (Å²) in [7, 11) is 0. The smallest absolute Gasteiger partial charge is 0.142 e. The van der Waals surface area contributed by atoms with Gasteiger partial charge in [0.1, 0.15) is 11.6 Å². The molecule has 0 aromatic heterocycles. The Morgan fingerprint density at radius 1 is 0.279 bits per heavy atom. The minimum absolute atomic E-state index is 0.306. The first-order valence-electron chi connectivity index (χ1n) is 31.8. The van der Waals surface area contributed by atoms with Crippen molar-refractivity contribution in [1.82, 2.24) is 19.6 Å². The van der Waals surface area contributed by atoms with Gasteiger partial charge in [0.25, 0.3) is 0 Å². The van der Waals surface area contributed by atoms with E-state index in [0.717, 1.165) is 85.6 Å². The second-order valence-electron chi connectivity index (χ2n) is 27.6. The third kappa shape index (κ3) is 8.55. The minimum atomic E-state index is 0.306. The summed E-state index contributed by atoms with van der Waals surface area (Å²) < 4.78 is 0. The zero-order valence-corrected chi connectivity index (χ0v) is 43.4. The van der Waals surface area contributed by atoms with E-state index < -0.39 is 0 Å². The lowest BCUT2D eigenvalue weighted by molar-refractivity contribution is -0.156. The fourth-order valence-corrected chi connectivity index (χ4v) is 22.1. The van der Waals surface area contributed by atoms with Crippen LogP contribution in [0.3, 0.4) is 0 Å². The molecule has 10 saturated carbocycles. The lowest BCUT2D eigenvalue weighted by atomic mass is 9.62. The van der Waals surface area contributed by atoms with Gasteiger partial charge in [0, 0.05) is 96.2 Å². The number of ketones is 2. The number of Topliss-reactive ketones (excluding diaryl/α,β-unsaturated/α-hetero) is 2. The summed E-state index contributed by atoms with van der Waals surface area (Å²) in [6.07, 6.45) is 55.5. The minimum Gasteiger partial charge on any atom is -0.299 e. The maximum Gasteiger partial charge on any atom is 0.142 e. The van der Waals surface area contributed by atoms with Crippen LogP contribution < -0.4 is 0 Å². The average molecular weight is 934 g/mol. The molecule has 380 valence electrons. The Kier molecular flexibility index (Phi) is 14.1. The Morgan fingerprint density at radius 3 is 1.16 bits per heavy atom. The standard InChI is InChI=1S/C62H100N4O2/c67-61-50-22-8-13-27-56(50)65(57-28-14-9-23-51(57)61)47-37-42(38-48(39-47)66-58-29-15-10-24-52(58)62(68)53-25-11-16-30-59(53)66)41-31-33-45(34-32-41)64-55-26-12-7-21-49(55)54-40-46(35-36-60(54)64)63(43-17-3-1-4-18-43)44-19-5-2-6-20-44/h41-60H,1-40H2. The van der Waals surface area contributed by atoms with Gasteiger partial charge in [0.05, 0.1) is 0 Å². The summed E-state index contributed by atoms with van der Waals surface area (Å²) in [6, 6.07) is 8.47. The molecule has 13 rings (SSSR count). The zero-order valence-electron chi connectivity index (χ0n) is 43.4. The summed E-state index contributed by atoms with van der Waals surface area (Å²) in [4.78, 5) is 41.8. The lowest BCUT2D eigenvalue weighted by Gasteiger charge is -2.61. The number of carbonyl (C=O) groups is 2. The topological polar surface area (TPSA) is 47.1 Å². The number of rotatable bonds is 7. The van der Waals surface area contributed by atoms with Crippen LogP contribution in [0.15, 0.2) is 0 Å². The molecule has 68 heavy (non-hydrogen) atoms. The normalized spacial score (nSPS) is 48.2. The van der Waals surface area contributed by atoms with Crippen molar-refractivity contribution in [3.8, 4) is 0 Å². The molecule has 0 N–H and O–H groups in total. The van der Waals surface area contributed by atoms with E-state index in [9.17, 15) is 9.59 Å². The molecule has 3 saturated heterocycles. The lowest BCUT2D eigenvalue weighted by Crippen LogP contribution is -2.68. The van der Waals surface area contributed by atoms with Crippen molar-refractivity contribution in [2.24, 2.45) is 47.3 Å². The molecule has 0 aromatic carbocycles. The molecule has 0 aromatic rings. The first-order chi connectivity index (χ1) is 33.6. The molecule has 3 heterocycles. The number of fused-ring (bicyclic) bond motifs is 7. The number of hydrogen-bond acceptors (Lipinski definition) is 6. The van der Waals surface area contributed by atoms with E-state index in [-0.39, 0.29) is 0 Å². The highest BCUT2D eigenvalue weighted by Crippen LogP contribution is 2.56.